The van der Waals surface area contributed by atoms with Gasteiger partial charge in [-0.3, -0.25) is 0 Å². The molecule has 2 N–H and O–H groups in total. The number of carbonyl (C=O) groups excluding carboxylic acids is 1. The predicted molar refractivity (Wildman–Crippen MR) is 101 cm³/mol. The minimum atomic E-state index is -0.219. The quantitative estimate of drug-likeness (QED) is 0.846. The van der Waals surface area contributed by atoms with Gasteiger partial charge in [0, 0.05) is 30.2 Å². The zero-order valence-corrected chi connectivity index (χ0v) is 14.4. The predicted octanol–water partition coefficient (Wildman–Crippen LogP) is 4.88. The molecule has 4 nitrogen and oxygen atoms in total. The van der Waals surface area contributed by atoms with Crippen molar-refractivity contribution in [3.8, 4) is 0 Å². The van der Waals surface area contributed by atoms with E-state index in [9.17, 15) is 4.79 Å². The van der Waals surface area contributed by atoms with E-state index in [4.69, 9.17) is 0 Å². The molecule has 0 aromatic heterocycles. The molecule has 2 aromatic rings. The number of piperidine rings is 1. The van der Waals surface area contributed by atoms with Crippen molar-refractivity contribution in [1.29, 1.82) is 0 Å². The Bertz CT molecular complexity index is 688. The number of nitrogens with zero attached hydrogens (tertiary/aromatic N) is 1. The largest absolute Gasteiger partial charge is 0.372 e. The van der Waals surface area contributed by atoms with Crippen LogP contribution in [-0.2, 0) is 0 Å². The molecule has 2 amide bonds. The van der Waals surface area contributed by atoms with E-state index in [0.29, 0.717) is 0 Å². The van der Waals surface area contributed by atoms with E-state index >= 15 is 0 Å². The second kappa shape index (κ2) is 7.39. The number of hydrogen-bond donors (Lipinski definition) is 2. The average molecular weight is 323 g/mol. The number of amides is 2. The molecule has 0 bridgehead atoms. The molecule has 126 valence electrons. The van der Waals surface area contributed by atoms with Crippen molar-refractivity contribution in [3.63, 3.8) is 0 Å². The molecule has 3 rings (SSSR count). The first-order valence-electron chi connectivity index (χ1n) is 8.60. The fraction of sp³-hybridized carbons (Fsp3) is 0.350. The molecule has 0 aliphatic carbocycles. The van der Waals surface area contributed by atoms with Gasteiger partial charge in [0.1, 0.15) is 0 Å². The van der Waals surface area contributed by atoms with Gasteiger partial charge >= 0.3 is 6.03 Å². The van der Waals surface area contributed by atoms with Crippen molar-refractivity contribution in [2.45, 2.75) is 26.7 Å². The summed E-state index contributed by atoms with van der Waals surface area (Å²) in [4.78, 5) is 14.5. The van der Waals surface area contributed by atoms with E-state index in [-0.39, 0.29) is 6.03 Å². The van der Waals surface area contributed by atoms with Gasteiger partial charge in [-0.05, 0) is 61.6 Å². The summed E-state index contributed by atoms with van der Waals surface area (Å²) in [6.45, 7) is 6.52. The Hall–Kier alpha value is -2.49. The van der Waals surface area contributed by atoms with E-state index in [2.05, 4.69) is 34.6 Å². The maximum Gasteiger partial charge on any atom is 0.323 e. The maximum absolute atomic E-state index is 12.1. The van der Waals surface area contributed by atoms with Crippen LogP contribution in [0.1, 0.15) is 25.3 Å². The number of para-hydroxylation sites is 1. The normalized spacial score (nSPS) is 15.2. The minimum absolute atomic E-state index is 0.219. The Morgan fingerprint density at radius 3 is 2.33 bits per heavy atom. The number of anilines is 3. The van der Waals surface area contributed by atoms with Crippen LogP contribution < -0.4 is 15.5 Å². The van der Waals surface area contributed by atoms with Crippen LogP contribution in [0.2, 0.25) is 0 Å². The van der Waals surface area contributed by atoms with Crippen LogP contribution >= 0.6 is 0 Å². The highest BCUT2D eigenvalue weighted by Crippen LogP contribution is 2.24. The third-order valence-corrected chi connectivity index (χ3v) is 4.67. The van der Waals surface area contributed by atoms with Crippen LogP contribution in [-0.4, -0.2) is 19.1 Å². The summed E-state index contributed by atoms with van der Waals surface area (Å²) in [5, 5.41) is 5.77. The Balaban J connectivity index is 1.58. The number of carbonyl (C=O) groups is 1. The number of urea groups is 1. The van der Waals surface area contributed by atoms with Gasteiger partial charge < -0.3 is 15.5 Å². The molecule has 0 spiro atoms. The fourth-order valence-corrected chi connectivity index (χ4v) is 3.02. The molecule has 1 aliphatic heterocycles. The lowest BCUT2D eigenvalue weighted by Crippen LogP contribution is -2.32. The summed E-state index contributed by atoms with van der Waals surface area (Å²) in [5.74, 6) is 0.826. The summed E-state index contributed by atoms with van der Waals surface area (Å²) in [5.41, 5.74) is 3.90. The lowest BCUT2D eigenvalue weighted by molar-refractivity contribution is 0.262. The molecular formula is C20H25N3O. The van der Waals surface area contributed by atoms with Crippen molar-refractivity contribution in [3.05, 3.63) is 54.1 Å². The van der Waals surface area contributed by atoms with Crippen LogP contribution in [0, 0.1) is 12.8 Å². The van der Waals surface area contributed by atoms with Gasteiger partial charge in [-0.15, -0.1) is 0 Å². The topological polar surface area (TPSA) is 44.4 Å². The van der Waals surface area contributed by atoms with E-state index in [0.717, 1.165) is 35.9 Å². The molecule has 1 fully saturated rings. The standard InChI is InChI=1S/C20H25N3O/c1-15-11-13-23(14-12-15)18-9-7-17(8-10-18)21-20(24)22-19-6-4-3-5-16(19)2/h3-10,15H,11-14H2,1-2H3,(H2,21,22,24). The van der Waals surface area contributed by atoms with Gasteiger partial charge in [-0.1, -0.05) is 25.1 Å². The van der Waals surface area contributed by atoms with Crippen LogP contribution in [0.3, 0.4) is 0 Å². The molecular weight excluding hydrogens is 298 g/mol. The van der Waals surface area contributed by atoms with E-state index in [1.807, 2.05) is 43.3 Å². The molecule has 1 heterocycles. The van der Waals surface area contributed by atoms with Crippen LogP contribution in [0.15, 0.2) is 48.5 Å². The van der Waals surface area contributed by atoms with Crippen molar-refractivity contribution in [2.75, 3.05) is 28.6 Å². The molecule has 0 unspecified atom stereocenters. The highest BCUT2D eigenvalue weighted by Gasteiger charge is 2.15. The van der Waals surface area contributed by atoms with Gasteiger partial charge in [0.25, 0.3) is 0 Å². The van der Waals surface area contributed by atoms with Crippen molar-refractivity contribution in [1.82, 2.24) is 0 Å². The summed E-state index contributed by atoms with van der Waals surface area (Å²) < 4.78 is 0. The van der Waals surface area contributed by atoms with E-state index in [1.165, 1.54) is 18.5 Å². The molecule has 24 heavy (non-hydrogen) atoms. The Labute approximate surface area is 143 Å². The van der Waals surface area contributed by atoms with Gasteiger partial charge in [0.15, 0.2) is 0 Å². The number of aryl methyl sites for hydroxylation is 1. The highest BCUT2D eigenvalue weighted by molar-refractivity contribution is 6.00. The number of hydrogen-bond acceptors (Lipinski definition) is 2. The summed E-state index contributed by atoms with van der Waals surface area (Å²) in [7, 11) is 0. The molecule has 0 saturated carbocycles. The summed E-state index contributed by atoms with van der Waals surface area (Å²) >= 11 is 0. The smallest absolute Gasteiger partial charge is 0.323 e. The second-order valence-electron chi connectivity index (χ2n) is 6.61. The number of nitrogens with one attached hydrogen (secondary N) is 2. The average Bonchev–Trinajstić information content (AvgIpc) is 2.58. The zero-order valence-electron chi connectivity index (χ0n) is 14.4. The van der Waals surface area contributed by atoms with Crippen LogP contribution in [0.25, 0.3) is 0 Å². The van der Waals surface area contributed by atoms with Crippen molar-refractivity contribution in [2.24, 2.45) is 5.92 Å². The maximum atomic E-state index is 12.1. The molecule has 1 saturated heterocycles. The third-order valence-electron chi connectivity index (χ3n) is 4.67. The van der Waals surface area contributed by atoms with Gasteiger partial charge in [0.2, 0.25) is 0 Å². The van der Waals surface area contributed by atoms with Gasteiger partial charge in [-0.25, -0.2) is 4.79 Å². The SMILES string of the molecule is Cc1ccccc1NC(=O)Nc1ccc(N2CCC(C)CC2)cc1. The van der Waals surface area contributed by atoms with Crippen molar-refractivity contribution >= 4 is 23.1 Å². The number of benzene rings is 2. The molecule has 0 radical (unpaired) electrons. The first-order valence-corrected chi connectivity index (χ1v) is 8.60. The third kappa shape index (κ3) is 4.07. The Morgan fingerprint density at radius 2 is 1.67 bits per heavy atom. The lowest BCUT2D eigenvalue weighted by atomic mass is 9.99. The molecule has 0 atom stereocenters. The van der Waals surface area contributed by atoms with Gasteiger partial charge in [0.05, 0.1) is 0 Å². The zero-order chi connectivity index (χ0) is 16.9. The van der Waals surface area contributed by atoms with Crippen LogP contribution in [0.5, 0.6) is 0 Å². The van der Waals surface area contributed by atoms with Crippen molar-refractivity contribution < 1.29 is 4.79 Å². The van der Waals surface area contributed by atoms with Gasteiger partial charge in [-0.2, -0.15) is 0 Å². The minimum Gasteiger partial charge on any atom is -0.372 e. The monoisotopic (exact) mass is 323 g/mol. The Kier molecular flexibility index (Phi) is 5.04. The number of rotatable bonds is 3. The second-order valence-corrected chi connectivity index (χ2v) is 6.61. The summed E-state index contributed by atoms with van der Waals surface area (Å²) in [6, 6.07) is 15.6. The van der Waals surface area contributed by atoms with E-state index < -0.39 is 0 Å². The lowest BCUT2D eigenvalue weighted by Gasteiger charge is -2.32. The van der Waals surface area contributed by atoms with E-state index in [1.54, 1.807) is 0 Å². The molecule has 4 heteroatoms. The molecule has 2 aromatic carbocycles. The first kappa shape index (κ1) is 16.4. The Morgan fingerprint density at radius 1 is 1.00 bits per heavy atom. The summed E-state index contributed by atoms with van der Waals surface area (Å²) in [6.07, 6.45) is 2.50. The fourth-order valence-electron chi connectivity index (χ4n) is 3.02. The first-order chi connectivity index (χ1) is 11.6. The highest BCUT2D eigenvalue weighted by atomic mass is 16.2. The molecule has 1 aliphatic rings. The van der Waals surface area contributed by atoms with Crippen LogP contribution in [0.4, 0.5) is 21.9 Å².